The van der Waals surface area contributed by atoms with E-state index in [1.165, 1.54) is 11.8 Å². The monoisotopic (exact) mass is 408 g/mol. The third kappa shape index (κ3) is 5.12. The van der Waals surface area contributed by atoms with E-state index in [1.54, 1.807) is 34.8 Å². The third-order valence-electron chi connectivity index (χ3n) is 4.45. The first-order valence-corrected chi connectivity index (χ1v) is 11.4. The Bertz CT molecular complexity index is 870. The molecule has 0 spiro atoms. The topological polar surface area (TPSA) is 84.3 Å². The van der Waals surface area contributed by atoms with Crippen LogP contribution in [-0.4, -0.2) is 47.0 Å². The lowest BCUT2D eigenvalue weighted by Gasteiger charge is -2.20. The van der Waals surface area contributed by atoms with Crippen LogP contribution in [0.3, 0.4) is 0 Å². The first-order chi connectivity index (χ1) is 13.0. The van der Waals surface area contributed by atoms with Crippen molar-refractivity contribution in [2.75, 3.05) is 24.2 Å². The number of aryl methyl sites for hydroxylation is 1. The van der Waals surface area contributed by atoms with Crippen molar-refractivity contribution in [1.82, 2.24) is 13.9 Å². The van der Waals surface area contributed by atoms with Gasteiger partial charge >= 0.3 is 0 Å². The van der Waals surface area contributed by atoms with Crippen molar-refractivity contribution >= 4 is 33.4 Å². The van der Waals surface area contributed by atoms with Gasteiger partial charge in [-0.2, -0.15) is 4.31 Å². The molecule has 0 saturated carbocycles. The highest BCUT2D eigenvalue weighted by Gasteiger charge is 2.24. The number of carbonyl (C=O) groups excluding carboxylic acids is 1. The maximum Gasteiger partial charge on any atom is 0.243 e. The minimum Gasteiger partial charge on any atom is -0.329 e. The van der Waals surface area contributed by atoms with Crippen LogP contribution in [0.25, 0.3) is 0 Å². The van der Waals surface area contributed by atoms with Gasteiger partial charge in [-0.1, -0.05) is 24.6 Å². The zero-order valence-corrected chi connectivity index (χ0v) is 16.9. The van der Waals surface area contributed by atoms with E-state index >= 15 is 0 Å². The summed E-state index contributed by atoms with van der Waals surface area (Å²) in [4.78, 5) is 16.5. The number of nitrogens with one attached hydrogen (secondary N) is 1. The molecule has 7 nitrogen and oxygen atoms in total. The van der Waals surface area contributed by atoms with Crippen LogP contribution in [0.4, 0.5) is 5.69 Å². The number of imidazole rings is 1. The largest absolute Gasteiger partial charge is 0.329 e. The summed E-state index contributed by atoms with van der Waals surface area (Å²) in [6.07, 6.45) is 7.47. The van der Waals surface area contributed by atoms with E-state index in [0.717, 1.165) is 30.8 Å². The van der Waals surface area contributed by atoms with Gasteiger partial charge in [0, 0.05) is 38.2 Å². The van der Waals surface area contributed by atoms with Crippen LogP contribution in [0.5, 0.6) is 0 Å². The van der Waals surface area contributed by atoms with E-state index in [2.05, 4.69) is 10.3 Å². The van der Waals surface area contributed by atoms with E-state index in [4.69, 9.17) is 0 Å². The zero-order valence-electron chi connectivity index (χ0n) is 15.3. The molecule has 1 N–H and O–H groups in total. The van der Waals surface area contributed by atoms with Gasteiger partial charge in [-0.25, -0.2) is 13.4 Å². The number of hydrogen-bond acceptors (Lipinski definition) is 5. The average molecular weight is 409 g/mol. The molecule has 1 amide bonds. The van der Waals surface area contributed by atoms with E-state index in [0.29, 0.717) is 18.8 Å². The second-order valence-corrected chi connectivity index (χ2v) is 9.38. The SMILES string of the molecule is Cn1ccnc1SCC(=O)Nc1ccc(S(=O)(=O)N2CCCCCC2)cc1. The number of aromatic nitrogens is 2. The summed E-state index contributed by atoms with van der Waals surface area (Å²) in [6.45, 7) is 1.15. The molecule has 1 aliphatic heterocycles. The van der Waals surface area contributed by atoms with Gasteiger partial charge < -0.3 is 9.88 Å². The summed E-state index contributed by atoms with van der Waals surface area (Å²) >= 11 is 1.35. The second kappa shape index (κ2) is 8.90. The van der Waals surface area contributed by atoms with Crippen molar-refractivity contribution in [3.8, 4) is 0 Å². The summed E-state index contributed by atoms with van der Waals surface area (Å²) < 4.78 is 28.9. The van der Waals surface area contributed by atoms with Crippen molar-refractivity contribution < 1.29 is 13.2 Å². The first-order valence-electron chi connectivity index (χ1n) is 8.97. The highest BCUT2D eigenvalue weighted by molar-refractivity contribution is 7.99. The molecule has 1 fully saturated rings. The summed E-state index contributed by atoms with van der Waals surface area (Å²) in [5.41, 5.74) is 0.579. The Labute approximate surface area is 164 Å². The van der Waals surface area contributed by atoms with E-state index in [9.17, 15) is 13.2 Å². The normalized spacial score (nSPS) is 16.0. The summed E-state index contributed by atoms with van der Waals surface area (Å²) in [7, 11) is -1.60. The average Bonchev–Trinajstić information content (AvgIpc) is 2.88. The lowest BCUT2D eigenvalue weighted by Crippen LogP contribution is -2.31. The minimum absolute atomic E-state index is 0.161. The maximum absolute atomic E-state index is 12.8. The van der Waals surface area contributed by atoms with Gasteiger partial charge in [0.05, 0.1) is 10.6 Å². The molecule has 0 radical (unpaired) electrons. The smallest absolute Gasteiger partial charge is 0.243 e. The van der Waals surface area contributed by atoms with Crippen molar-refractivity contribution in [3.63, 3.8) is 0 Å². The Hall–Kier alpha value is -1.84. The molecule has 0 bridgehead atoms. The van der Waals surface area contributed by atoms with E-state index in [-0.39, 0.29) is 16.6 Å². The number of anilines is 1. The first kappa shape index (κ1) is 19.9. The second-order valence-electron chi connectivity index (χ2n) is 6.50. The van der Waals surface area contributed by atoms with E-state index in [1.807, 2.05) is 17.8 Å². The zero-order chi connectivity index (χ0) is 19.3. The highest BCUT2D eigenvalue weighted by Crippen LogP contribution is 2.22. The van der Waals surface area contributed by atoms with Gasteiger partial charge in [0.25, 0.3) is 0 Å². The highest BCUT2D eigenvalue weighted by atomic mass is 32.2. The molecular formula is C18H24N4O3S2. The fourth-order valence-corrected chi connectivity index (χ4v) is 5.21. The fraction of sp³-hybridized carbons (Fsp3) is 0.444. The van der Waals surface area contributed by atoms with Crippen molar-refractivity contribution in [1.29, 1.82) is 0 Å². The number of nitrogens with zero attached hydrogens (tertiary/aromatic N) is 3. The van der Waals surface area contributed by atoms with Gasteiger partial charge in [-0.3, -0.25) is 4.79 Å². The Kier molecular flexibility index (Phi) is 6.56. The summed E-state index contributed by atoms with van der Waals surface area (Å²) in [6, 6.07) is 6.38. The standard InChI is InChI=1S/C18H24N4O3S2/c1-21-13-10-19-18(21)26-14-17(23)20-15-6-8-16(9-7-15)27(24,25)22-11-4-2-3-5-12-22/h6-10,13H,2-5,11-12,14H2,1H3,(H,20,23). The molecule has 1 aromatic carbocycles. The number of sulfonamides is 1. The number of rotatable bonds is 6. The summed E-state index contributed by atoms with van der Waals surface area (Å²) in [5.74, 6) is 0.0738. The van der Waals surface area contributed by atoms with E-state index < -0.39 is 10.0 Å². The molecule has 27 heavy (non-hydrogen) atoms. The van der Waals surface area contributed by atoms with Gasteiger partial charge in [-0.15, -0.1) is 0 Å². The number of thioether (sulfide) groups is 1. The summed E-state index contributed by atoms with van der Waals surface area (Å²) in [5, 5.41) is 3.55. The molecule has 0 unspecified atom stereocenters. The number of hydrogen-bond donors (Lipinski definition) is 1. The van der Waals surface area contributed by atoms with Crippen molar-refractivity contribution in [2.24, 2.45) is 7.05 Å². The number of amides is 1. The Morgan fingerprint density at radius 2 is 1.81 bits per heavy atom. The van der Waals surface area contributed by atoms with Crippen molar-refractivity contribution in [2.45, 2.75) is 35.7 Å². The fourth-order valence-electron chi connectivity index (χ4n) is 2.96. The van der Waals surface area contributed by atoms with Gasteiger partial charge in [0.2, 0.25) is 15.9 Å². The van der Waals surface area contributed by atoms with Gasteiger partial charge in [0.1, 0.15) is 0 Å². The number of carbonyl (C=O) groups is 1. The molecule has 1 aromatic heterocycles. The Morgan fingerprint density at radius 3 is 2.41 bits per heavy atom. The third-order valence-corrected chi connectivity index (χ3v) is 7.42. The molecule has 146 valence electrons. The lowest BCUT2D eigenvalue weighted by molar-refractivity contribution is -0.113. The van der Waals surface area contributed by atoms with Gasteiger partial charge in [-0.05, 0) is 37.1 Å². The molecule has 3 rings (SSSR count). The molecular weight excluding hydrogens is 384 g/mol. The quantitative estimate of drug-likeness (QED) is 0.743. The van der Waals surface area contributed by atoms with Crippen LogP contribution < -0.4 is 5.32 Å². The predicted octanol–water partition coefficient (Wildman–Crippen LogP) is 2.72. The maximum atomic E-state index is 12.8. The molecule has 1 saturated heterocycles. The Morgan fingerprint density at radius 1 is 1.15 bits per heavy atom. The molecule has 1 aliphatic rings. The van der Waals surface area contributed by atoms with Gasteiger partial charge in [0.15, 0.2) is 5.16 Å². The molecule has 0 aliphatic carbocycles. The molecule has 9 heteroatoms. The van der Waals surface area contributed by atoms with Crippen LogP contribution in [-0.2, 0) is 21.9 Å². The minimum atomic E-state index is -3.47. The Balaban J connectivity index is 1.59. The van der Waals surface area contributed by atoms with Crippen LogP contribution >= 0.6 is 11.8 Å². The predicted molar refractivity (Wildman–Crippen MR) is 106 cm³/mol. The van der Waals surface area contributed by atoms with Crippen molar-refractivity contribution in [3.05, 3.63) is 36.7 Å². The van der Waals surface area contributed by atoms with Crippen LogP contribution in [0.1, 0.15) is 25.7 Å². The lowest BCUT2D eigenvalue weighted by atomic mass is 10.2. The molecule has 2 heterocycles. The molecule has 2 aromatic rings. The van der Waals surface area contributed by atoms with Crippen LogP contribution in [0.15, 0.2) is 46.7 Å². The van der Waals surface area contributed by atoms with Crippen LogP contribution in [0.2, 0.25) is 0 Å². The molecule has 0 atom stereocenters. The number of benzene rings is 1. The van der Waals surface area contributed by atoms with Crippen LogP contribution in [0, 0.1) is 0 Å².